The number of carbonyl (C=O) groups is 3. The van der Waals surface area contributed by atoms with Gasteiger partial charge in [-0.1, -0.05) is 65.8 Å². The number of ether oxygens (including phenoxy) is 2. The highest BCUT2D eigenvalue weighted by Gasteiger charge is 2.38. The second-order valence-corrected chi connectivity index (χ2v) is 15.4. The molecule has 13 heteroatoms. The second-order valence-electron chi connectivity index (χ2n) is 15.4. The molecule has 1 aliphatic heterocycles. The summed E-state index contributed by atoms with van der Waals surface area (Å²) in [6.45, 7) is 16.8. The minimum atomic E-state index is -1.47. The SMILES string of the molecule is CC(C)(C)c1cc(NC(=O)N[C@@]2(C=O)C=C[C@@H](Oc3ccc4nnc(C(C)(C)C)n4c3)c3ccccc32)cc(C(=O)NCCCN2CCOCC2)n1. The fourth-order valence-corrected chi connectivity index (χ4v) is 6.37. The number of urea groups is 1. The molecule has 0 unspecified atom stereocenters. The van der Waals surface area contributed by atoms with E-state index in [0.29, 0.717) is 41.2 Å². The predicted octanol–water partition coefficient (Wildman–Crippen LogP) is 5.08. The molecular formula is C39H48N8O5. The second kappa shape index (κ2) is 14.8. The Labute approximate surface area is 304 Å². The van der Waals surface area contributed by atoms with Crippen molar-refractivity contribution in [1.29, 1.82) is 0 Å². The number of pyridine rings is 2. The van der Waals surface area contributed by atoms with E-state index in [0.717, 1.165) is 50.7 Å². The summed E-state index contributed by atoms with van der Waals surface area (Å²) in [5.74, 6) is 1.07. The minimum absolute atomic E-state index is 0.196. The van der Waals surface area contributed by atoms with E-state index in [1.165, 1.54) is 0 Å². The van der Waals surface area contributed by atoms with Gasteiger partial charge in [-0.3, -0.25) is 18.9 Å². The van der Waals surface area contributed by atoms with Crippen LogP contribution in [0.4, 0.5) is 10.5 Å². The number of anilines is 1. The normalized spacial score (nSPS) is 19.2. The molecule has 52 heavy (non-hydrogen) atoms. The van der Waals surface area contributed by atoms with Crippen LogP contribution in [-0.2, 0) is 25.9 Å². The van der Waals surface area contributed by atoms with Gasteiger partial charge in [0, 0.05) is 47.4 Å². The Morgan fingerprint density at radius 2 is 1.79 bits per heavy atom. The van der Waals surface area contributed by atoms with Crippen LogP contribution in [0.2, 0.25) is 0 Å². The topological polar surface area (TPSA) is 152 Å². The van der Waals surface area contributed by atoms with Gasteiger partial charge >= 0.3 is 6.03 Å². The van der Waals surface area contributed by atoms with Crippen LogP contribution in [0, 0.1) is 0 Å². The van der Waals surface area contributed by atoms with E-state index in [1.54, 1.807) is 30.4 Å². The lowest BCUT2D eigenvalue weighted by atomic mass is 9.81. The molecule has 4 heterocycles. The molecule has 4 aromatic rings. The number of amides is 3. The number of benzene rings is 1. The number of morpholine rings is 1. The highest BCUT2D eigenvalue weighted by molar-refractivity contribution is 5.96. The van der Waals surface area contributed by atoms with E-state index in [-0.39, 0.29) is 17.0 Å². The number of aromatic nitrogens is 4. The molecule has 274 valence electrons. The summed E-state index contributed by atoms with van der Waals surface area (Å²) in [5, 5.41) is 17.4. The van der Waals surface area contributed by atoms with Crippen molar-refractivity contribution in [1.82, 2.24) is 35.1 Å². The van der Waals surface area contributed by atoms with Crippen molar-refractivity contribution in [3.8, 4) is 5.75 Å². The maximum atomic E-state index is 13.6. The first kappa shape index (κ1) is 36.6. The summed E-state index contributed by atoms with van der Waals surface area (Å²) in [6, 6.07) is 13.7. The van der Waals surface area contributed by atoms with E-state index < -0.39 is 23.1 Å². The molecule has 0 spiro atoms. The molecule has 0 bridgehead atoms. The van der Waals surface area contributed by atoms with E-state index in [1.807, 2.05) is 61.7 Å². The Hall–Kier alpha value is -5.14. The fourth-order valence-electron chi connectivity index (χ4n) is 6.37. The van der Waals surface area contributed by atoms with Crippen molar-refractivity contribution < 1.29 is 23.9 Å². The van der Waals surface area contributed by atoms with Gasteiger partial charge in [0.15, 0.2) is 11.9 Å². The Kier molecular flexibility index (Phi) is 10.5. The molecule has 3 aromatic heterocycles. The van der Waals surface area contributed by atoms with Crippen molar-refractivity contribution in [3.05, 3.63) is 95.2 Å². The average Bonchev–Trinajstić information content (AvgIpc) is 3.55. The Morgan fingerprint density at radius 1 is 1.02 bits per heavy atom. The van der Waals surface area contributed by atoms with Gasteiger partial charge in [-0.05, 0) is 54.9 Å². The molecule has 2 aliphatic rings. The molecule has 0 radical (unpaired) electrons. The van der Waals surface area contributed by atoms with E-state index >= 15 is 0 Å². The van der Waals surface area contributed by atoms with Gasteiger partial charge in [0.2, 0.25) is 0 Å². The molecule has 6 rings (SSSR count). The van der Waals surface area contributed by atoms with Gasteiger partial charge in [0.05, 0.1) is 19.4 Å². The summed E-state index contributed by atoms with van der Waals surface area (Å²) in [4.78, 5) is 46.7. The summed E-state index contributed by atoms with van der Waals surface area (Å²) in [7, 11) is 0. The first-order valence-electron chi connectivity index (χ1n) is 17.7. The first-order chi connectivity index (χ1) is 24.8. The Balaban J connectivity index is 1.18. The quantitative estimate of drug-likeness (QED) is 0.116. The maximum Gasteiger partial charge on any atom is 0.320 e. The number of rotatable bonds is 10. The molecule has 2 atom stereocenters. The zero-order chi connectivity index (χ0) is 37.1. The molecule has 3 amide bonds. The third-order valence-corrected chi connectivity index (χ3v) is 9.19. The zero-order valence-electron chi connectivity index (χ0n) is 30.7. The van der Waals surface area contributed by atoms with Gasteiger partial charge in [-0.15, -0.1) is 10.2 Å². The lowest BCUT2D eigenvalue weighted by molar-refractivity contribution is -0.111. The van der Waals surface area contributed by atoms with Crippen molar-refractivity contribution in [2.24, 2.45) is 0 Å². The molecular weight excluding hydrogens is 660 g/mol. The number of aldehydes is 1. The average molecular weight is 709 g/mol. The molecule has 1 saturated heterocycles. The molecule has 0 saturated carbocycles. The van der Waals surface area contributed by atoms with E-state index in [2.05, 4.69) is 56.8 Å². The Bertz CT molecular complexity index is 1970. The lowest BCUT2D eigenvalue weighted by Gasteiger charge is -2.34. The molecule has 1 fully saturated rings. The van der Waals surface area contributed by atoms with E-state index in [9.17, 15) is 14.4 Å². The van der Waals surface area contributed by atoms with Crippen LogP contribution < -0.4 is 20.7 Å². The summed E-state index contributed by atoms with van der Waals surface area (Å²) < 4.78 is 13.8. The van der Waals surface area contributed by atoms with Gasteiger partial charge < -0.3 is 25.4 Å². The van der Waals surface area contributed by atoms with Crippen molar-refractivity contribution in [2.75, 3.05) is 44.7 Å². The number of fused-ring (bicyclic) bond motifs is 2. The maximum absolute atomic E-state index is 13.6. The number of carbonyl (C=O) groups excluding carboxylic acids is 3. The highest BCUT2D eigenvalue weighted by atomic mass is 16.5. The standard InChI is InChI=1S/C39H48N8O5/c1-37(2,3)32-23-26(22-30(42-32)34(49)40-16-9-17-46-18-20-51-21-19-46)41-36(50)43-39(25-48)15-14-31(28-10-7-8-11-29(28)39)52-27-12-13-33-44-45-35(38(4,5)6)47(33)24-27/h7-8,10-15,22-25,31H,9,16-21H2,1-6H3,(H,40,49)(H2,41,42,43,50)/t31-,39-/m1/s1. The van der Waals surface area contributed by atoms with Crippen LogP contribution in [0.1, 0.15) is 87.2 Å². The molecule has 13 nitrogen and oxygen atoms in total. The number of hydrogen-bond acceptors (Lipinski definition) is 9. The smallest absolute Gasteiger partial charge is 0.320 e. The van der Waals surface area contributed by atoms with Crippen LogP contribution in [0.3, 0.4) is 0 Å². The number of nitrogens with one attached hydrogen (secondary N) is 3. The third-order valence-electron chi connectivity index (χ3n) is 9.19. The van der Waals surface area contributed by atoms with Crippen LogP contribution in [0.25, 0.3) is 5.65 Å². The highest BCUT2D eigenvalue weighted by Crippen LogP contribution is 2.37. The molecule has 1 aromatic carbocycles. The summed E-state index contributed by atoms with van der Waals surface area (Å²) in [5.41, 5.74) is 1.12. The summed E-state index contributed by atoms with van der Waals surface area (Å²) >= 11 is 0. The van der Waals surface area contributed by atoms with Crippen molar-refractivity contribution in [2.45, 2.75) is 70.4 Å². The molecule has 1 aliphatic carbocycles. The Morgan fingerprint density at radius 3 is 2.52 bits per heavy atom. The largest absolute Gasteiger partial charge is 0.480 e. The zero-order valence-corrected chi connectivity index (χ0v) is 30.7. The fraction of sp³-hybridized carbons (Fsp3) is 0.436. The third kappa shape index (κ3) is 8.16. The monoisotopic (exact) mass is 708 g/mol. The van der Waals surface area contributed by atoms with E-state index in [4.69, 9.17) is 9.47 Å². The van der Waals surface area contributed by atoms with Crippen LogP contribution in [-0.4, -0.2) is 82.1 Å². The van der Waals surface area contributed by atoms with Gasteiger partial charge in [-0.2, -0.15) is 0 Å². The van der Waals surface area contributed by atoms with Crippen LogP contribution in [0.15, 0.2) is 66.9 Å². The summed E-state index contributed by atoms with van der Waals surface area (Å²) in [6.07, 6.45) is 6.24. The van der Waals surface area contributed by atoms with Gasteiger partial charge in [0.1, 0.15) is 28.9 Å². The minimum Gasteiger partial charge on any atom is -0.480 e. The van der Waals surface area contributed by atoms with Crippen molar-refractivity contribution >= 4 is 29.6 Å². The van der Waals surface area contributed by atoms with Crippen molar-refractivity contribution in [3.63, 3.8) is 0 Å². The number of nitrogens with zero attached hydrogens (tertiary/aromatic N) is 5. The van der Waals surface area contributed by atoms with Gasteiger partial charge in [0.25, 0.3) is 5.91 Å². The first-order valence-corrected chi connectivity index (χ1v) is 17.7. The van der Waals surface area contributed by atoms with Gasteiger partial charge in [-0.25, -0.2) is 9.78 Å². The lowest BCUT2D eigenvalue weighted by Crippen LogP contribution is -2.49. The molecule has 3 N–H and O–H groups in total. The van der Waals surface area contributed by atoms with Crippen LogP contribution in [0.5, 0.6) is 5.75 Å². The van der Waals surface area contributed by atoms with Crippen LogP contribution >= 0.6 is 0 Å². The number of hydrogen-bond donors (Lipinski definition) is 3. The predicted molar refractivity (Wildman–Crippen MR) is 198 cm³/mol.